The molecular formula is C17H25NO4. The summed E-state index contributed by atoms with van der Waals surface area (Å²) in [4.78, 5) is 13.6. The summed E-state index contributed by atoms with van der Waals surface area (Å²) in [6.45, 7) is 4.06. The first-order chi connectivity index (χ1) is 10.6. The van der Waals surface area contributed by atoms with E-state index in [1.165, 1.54) is 0 Å². The second-order valence-electron chi connectivity index (χ2n) is 5.82. The van der Waals surface area contributed by atoms with E-state index in [9.17, 15) is 15.0 Å². The van der Waals surface area contributed by atoms with Crippen LogP contribution in [0.2, 0.25) is 0 Å². The molecular weight excluding hydrogens is 282 g/mol. The number of ketones is 1. The molecule has 0 spiro atoms. The Labute approximate surface area is 131 Å². The predicted octanol–water partition coefficient (Wildman–Crippen LogP) is 1.48. The van der Waals surface area contributed by atoms with E-state index in [2.05, 4.69) is 4.90 Å². The highest BCUT2D eigenvalue weighted by Gasteiger charge is 2.20. The number of ether oxygens (including phenoxy) is 1. The van der Waals surface area contributed by atoms with Crippen molar-refractivity contribution in [2.45, 2.75) is 38.4 Å². The van der Waals surface area contributed by atoms with Crippen molar-refractivity contribution in [1.82, 2.24) is 4.90 Å². The number of hydrogen-bond acceptors (Lipinski definition) is 5. The minimum Gasteiger partial charge on any atom is -0.491 e. The van der Waals surface area contributed by atoms with Crippen molar-refractivity contribution in [1.29, 1.82) is 0 Å². The fourth-order valence-corrected chi connectivity index (χ4v) is 2.68. The van der Waals surface area contributed by atoms with Crippen LogP contribution in [-0.4, -0.2) is 59.3 Å². The molecule has 1 aliphatic rings. The van der Waals surface area contributed by atoms with Gasteiger partial charge in [0.2, 0.25) is 0 Å². The summed E-state index contributed by atoms with van der Waals surface area (Å²) < 4.78 is 5.55. The molecule has 1 aromatic rings. The minimum absolute atomic E-state index is 0.107. The number of benzene rings is 1. The molecule has 2 atom stereocenters. The summed E-state index contributed by atoms with van der Waals surface area (Å²) in [5.74, 6) is 0.751. The molecule has 2 N–H and O–H groups in total. The van der Waals surface area contributed by atoms with E-state index in [1.807, 2.05) is 6.92 Å². The Kier molecular flexibility index (Phi) is 6.36. The van der Waals surface area contributed by atoms with Crippen molar-refractivity contribution in [2.24, 2.45) is 0 Å². The molecule has 0 aliphatic carbocycles. The smallest absolute Gasteiger partial charge is 0.162 e. The van der Waals surface area contributed by atoms with Gasteiger partial charge >= 0.3 is 0 Å². The van der Waals surface area contributed by atoms with Gasteiger partial charge in [0.25, 0.3) is 0 Å². The number of carbonyl (C=O) groups excluding carboxylic acids is 1. The Morgan fingerprint density at radius 2 is 2.14 bits per heavy atom. The number of hydrogen-bond donors (Lipinski definition) is 2. The van der Waals surface area contributed by atoms with E-state index < -0.39 is 6.10 Å². The zero-order valence-electron chi connectivity index (χ0n) is 13.1. The van der Waals surface area contributed by atoms with E-state index in [-0.39, 0.29) is 18.5 Å². The van der Waals surface area contributed by atoms with Crippen LogP contribution in [0.25, 0.3) is 0 Å². The number of β-amino-alcohol motifs (C(OH)–C–C–N with tert-alkyl or cyclic N) is 2. The van der Waals surface area contributed by atoms with Crippen LogP contribution in [0, 0.1) is 0 Å². The predicted molar refractivity (Wildman–Crippen MR) is 84.2 cm³/mol. The zero-order valence-corrected chi connectivity index (χ0v) is 13.1. The van der Waals surface area contributed by atoms with Gasteiger partial charge in [-0.25, -0.2) is 0 Å². The average Bonchev–Trinajstić information content (AvgIpc) is 2.52. The van der Waals surface area contributed by atoms with Gasteiger partial charge in [-0.2, -0.15) is 0 Å². The number of aliphatic hydroxyl groups excluding tert-OH is 2. The lowest BCUT2D eigenvalue weighted by Gasteiger charge is -2.31. The molecule has 0 bridgehead atoms. The van der Waals surface area contributed by atoms with Gasteiger partial charge in [-0.3, -0.25) is 9.69 Å². The highest BCUT2D eigenvalue weighted by molar-refractivity contribution is 5.95. The number of piperidine rings is 1. The molecule has 0 saturated carbocycles. The van der Waals surface area contributed by atoms with Gasteiger partial charge < -0.3 is 14.9 Å². The second-order valence-corrected chi connectivity index (χ2v) is 5.82. The summed E-state index contributed by atoms with van der Waals surface area (Å²) in [6.07, 6.45) is 1.40. The zero-order chi connectivity index (χ0) is 15.9. The molecule has 0 aromatic heterocycles. The lowest BCUT2D eigenvalue weighted by atomic mass is 10.1. The first-order valence-electron chi connectivity index (χ1n) is 7.93. The van der Waals surface area contributed by atoms with Gasteiger partial charge in [0.05, 0.1) is 6.10 Å². The summed E-state index contributed by atoms with van der Waals surface area (Å²) in [5, 5.41) is 19.6. The van der Waals surface area contributed by atoms with Gasteiger partial charge in [-0.05, 0) is 43.7 Å². The molecule has 5 heteroatoms. The largest absolute Gasteiger partial charge is 0.491 e. The van der Waals surface area contributed by atoms with Crippen LogP contribution in [-0.2, 0) is 0 Å². The third-order valence-corrected chi connectivity index (χ3v) is 3.89. The van der Waals surface area contributed by atoms with Crippen molar-refractivity contribution in [3.63, 3.8) is 0 Å². The third kappa shape index (κ3) is 5.09. The second kappa shape index (κ2) is 8.27. The number of aliphatic hydroxyl groups is 2. The molecule has 1 aliphatic heterocycles. The summed E-state index contributed by atoms with van der Waals surface area (Å²) in [7, 11) is 0. The monoisotopic (exact) mass is 307 g/mol. The maximum Gasteiger partial charge on any atom is 0.162 e. The molecule has 0 amide bonds. The van der Waals surface area contributed by atoms with Crippen molar-refractivity contribution in [2.75, 3.05) is 26.2 Å². The molecule has 1 saturated heterocycles. The van der Waals surface area contributed by atoms with Crippen LogP contribution < -0.4 is 4.74 Å². The van der Waals surface area contributed by atoms with Gasteiger partial charge in [-0.1, -0.05) is 6.92 Å². The Hall–Kier alpha value is -1.43. The molecule has 1 fully saturated rings. The van der Waals surface area contributed by atoms with Crippen LogP contribution in [0.4, 0.5) is 0 Å². The van der Waals surface area contributed by atoms with Gasteiger partial charge in [0.15, 0.2) is 5.78 Å². The van der Waals surface area contributed by atoms with Gasteiger partial charge in [0, 0.05) is 25.1 Å². The quantitative estimate of drug-likeness (QED) is 0.747. The number of nitrogens with zero attached hydrogens (tertiary/aromatic N) is 1. The Morgan fingerprint density at radius 1 is 1.41 bits per heavy atom. The number of Topliss-reactive ketones (excluding diaryl/α,β-unsaturated/α-hetero) is 1. The highest BCUT2D eigenvalue weighted by Crippen LogP contribution is 2.14. The molecule has 1 heterocycles. The van der Waals surface area contributed by atoms with Crippen LogP contribution in [0.5, 0.6) is 5.75 Å². The van der Waals surface area contributed by atoms with E-state index >= 15 is 0 Å². The van der Waals surface area contributed by atoms with Crippen molar-refractivity contribution in [3.8, 4) is 5.75 Å². The summed E-state index contributed by atoms with van der Waals surface area (Å²) >= 11 is 0. The van der Waals surface area contributed by atoms with Crippen LogP contribution in [0.1, 0.15) is 36.5 Å². The first-order valence-corrected chi connectivity index (χ1v) is 7.93. The molecule has 2 rings (SSSR count). The third-order valence-electron chi connectivity index (χ3n) is 3.89. The lowest BCUT2D eigenvalue weighted by molar-refractivity contribution is 0.0243. The van der Waals surface area contributed by atoms with Crippen molar-refractivity contribution < 1.29 is 19.7 Å². The molecule has 5 nitrogen and oxygen atoms in total. The normalized spacial score (nSPS) is 20.6. The standard InChI is InChI=1S/C17H25NO4/c1-2-17(21)13-5-7-16(8-6-13)22-12-15(20)11-18-9-3-4-14(19)10-18/h5-8,14-15,19-20H,2-4,9-12H2,1H3. The van der Waals surface area contributed by atoms with Crippen LogP contribution >= 0.6 is 0 Å². The van der Waals surface area contributed by atoms with Crippen LogP contribution in [0.15, 0.2) is 24.3 Å². The maximum atomic E-state index is 11.5. The Morgan fingerprint density at radius 3 is 2.77 bits per heavy atom. The van der Waals surface area contributed by atoms with Crippen molar-refractivity contribution >= 4 is 5.78 Å². The number of likely N-dealkylation sites (tertiary alicyclic amines) is 1. The fraction of sp³-hybridized carbons (Fsp3) is 0.588. The number of rotatable bonds is 7. The van der Waals surface area contributed by atoms with Gasteiger partial charge in [-0.15, -0.1) is 0 Å². The van der Waals surface area contributed by atoms with E-state index in [0.29, 0.717) is 30.8 Å². The molecule has 122 valence electrons. The van der Waals surface area contributed by atoms with Gasteiger partial charge in [0.1, 0.15) is 18.5 Å². The van der Waals surface area contributed by atoms with E-state index in [0.717, 1.165) is 19.4 Å². The Bertz CT molecular complexity index is 474. The average molecular weight is 307 g/mol. The maximum absolute atomic E-state index is 11.5. The van der Waals surface area contributed by atoms with Crippen LogP contribution in [0.3, 0.4) is 0 Å². The minimum atomic E-state index is -0.595. The molecule has 2 unspecified atom stereocenters. The molecule has 22 heavy (non-hydrogen) atoms. The highest BCUT2D eigenvalue weighted by atomic mass is 16.5. The SMILES string of the molecule is CCC(=O)c1ccc(OCC(O)CN2CCCC(O)C2)cc1. The molecule has 1 aromatic carbocycles. The first kappa shape index (κ1) is 16.9. The summed E-state index contributed by atoms with van der Waals surface area (Å²) in [5.41, 5.74) is 0.678. The lowest BCUT2D eigenvalue weighted by Crippen LogP contribution is -2.43. The summed E-state index contributed by atoms with van der Waals surface area (Å²) in [6, 6.07) is 6.99. The van der Waals surface area contributed by atoms with E-state index in [1.54, 1.807) is 24.3 Å². The topological polar surface area (TPSA) is 70.0 Å². The van der Waals surface area contributed by atoms with Crippen molar-refractivity contribution in [3.05, 3.63) is 29.8 Å². The molecule has 0 radical (unpaired) electrons. The number of carbonyl (C=O) groups is 1. The Balaban J connectivity index is 1.76. The fourth-order valence-electron chi connectivity index (χ4n) is 2.68. The van der Waals surface area contributed by atoms with E-state index in [4.69, 9.17) is 4.74 Å².